The van der Waals surface area contributed by atoms with Gasteiger partial charge in [-0.15, -0.1) is 0 Å². The van der Waals surface area contributed by atoms with Crippen LogP contribution in [0.4, 0.5) is 0 Å². The molecule has 0 aliphatic rings. The van der Waals surface area contributed by atoms with E-state index < -0.39 is 0 Å². The second-order valence-corrected chi connectivity index (χ2v) is 6.57. The van der Waals surface area contributed by atoms with Crippen LogP contribution in [0, 0.1) is 0 Å². The topological polar surface area (TPSA) is 17.0 Å². The second kappa shape index (κ2) is 5.45. The second-order valence-electron chi connectivity index (χ2n) is 5.72. The number of halogens is 1. The summed E-state index contributed by atoms with van der Waals surface area (Å²) in [5.41, 5.74) is 1.51. The third-order valence-electron chi connectivity index (χ3n) is 2.97. The number of fused-ring (bicyclic) bond motifs is 1. The zero-order valence-electron chi connectivity index (χ0n) is 11.3. The zero-order chi connectivity index (χ0) is 13.2. The fourth-order valence-electron chi connectivity index (χ4n) is 2.10. The van der Waals surface area contributed by atoms with Crippen molar-refractivity contribution in [3.8, 4) is 0 Å². The number of para-hydroxylation sites is 1. The third-order valence-corrected chi connectivity index (χ3v) is 3.60. The van der Waals surface area contributed by atoms with E-state index in [-0.39, 0.29) is 5.54 Å². The summed E-state index contributed by atoms with van der Waals surface area (Å²) in [6.45, 7) is 8.71. The third kappa shape index (κ3) is 3.36. The summed E-state index contributed by atoms with van der Waals surface area (Å²) >= 11 is 3.62. The molecule has 2 rings (SSSR count). The molecule has 1 heterocycles. The van der Waals surface area contributed by atoms with Crippen LogP contribution in [0.1, 0.15) is 27.2 Å². The number of aryl methyl sites for hydroxylation is 1. The van der Waals surface area contributed by atoms with Crippen LogP contribution in [0.5, 0.6) is 0 Å². The monoisotopic (exact) mass is 308 g/mol. The maximum Gasteiger partial charge on any atom is 0.0492 e. The van der Waals surface area contributed by atoms with Gasteiger partial charge in [-0.2, -0.15) is 0 Å². The van der Waals surface area contributed by atoms with Crippen LogP contribution in [0.3, 0.4) is 0 Å². The Hall–Kier alpha value is -0.800. The summed E-state index contributed by atoms with van der Waals surface area (Å²) in [5, 5.41) is 4.81. The Kier molecular flexibility index (Phi) is 4.13. The molecule has 3 heteroatoms. The average Bonchev–Trinajstić information content (AvgIpc) is 2.62. The Labute approximate surface area is 118 Å². The lowest BCUT2D eigenvalue weighted by Gasteiger charge is -2.20. The number of rotatable bonds is 4. The Balaban J connectivity index is 2.00. The number of hydrogen-bond donors (Lipinski definition) is 1. The Morgan fingerprint density at radius 3 is 2.67 bits per heavy atom. The van der Waals surface area contributed by atoms with Crippen molar-refractivity contribution in [3.05, 3.63) is 34.9 Å². The van der Waals surface area contributed by atoms with E-state index in [1.54, 1.807) is 0 Å². The maximum absolute atomic E-state index is 3.62. The predicted octanol–water partition coefficient (Wildman–Crippen LogP) is 4.18. The molecule has 0 saturated carbocycles. The highest BCUT2D eigenvalue weighted by atomic mass is 79.9. The summed E-state index contributed by atoms with van der Waals surface area (Å²) in [7, 11) is 0. The van der Waals surface area contributed by atoms with Crippen LogP contribution in [-0.4, -0.2) is 16.7 Å². The van der Waals surface area contributed by atoms with Gasteiger partial charge in [0.25, 0.3) is 0 Å². The Bertz CT molecular complexity index is 523. The van der Waals surface area contributed by atoms with Crippen molar-refractivity contribution in [2.45, 2.75) is 39.3 Å². The fraction of sp³-hybridized carbons (Fsp3) is 0.467. The molecule has 98 valence electrons. The van der Waals surface area contributed by atoms with E-state index in [1.165, 1.54) is 15.4 Å². The molecule has 0 aliphatic carbocycles. The minimum atomic E-state index is 0.208. The number of nitrogens with zero attached hydrogens (tertiary/aromatic N) is 1. The molecule has 2 nitrogen and oxygen atoms in total. The van der Waals surface area contributed by atoms with Crippen molar-refractivity contribution in [3.63, 3.8) is 0 Å². The number of aromatic nitrogens is 1. The number of benzene rings is 1. The highest BCUT2D eigenvalue weighted by molar-refractivity contribution is 9.10. The van der Waals surface area contributed by atoms with Crippen LogP contribution < -0.4 is 5.32 Å². The molecule has 18 heavy (non-hydrogen) atoms. The lowest BCUT2D eigenvalue weighted by Crippen LogP contribution is -2.36. The van der Waals surface area contributed by atoms with Crippen LogP contribution >= 0.6 is 15.9 Å². The van der Waals surface area contributed by atoms with E-state index in [2.05, 4.69) is 77.0 Å². The average molecular weight is 309 g/mol. The first-order valence-corrected chi connectivity index (χ1v) is 7.25. The van der Waals surface area contributed by atoms with Crippen LogP contribution in [0.15, 0.2) is 34.9 Å². The van der Waals surface area contributed by atoms with Gasteiger partial charge >= 0.3 is 0 Å². The molecule has 0 unspecified atom stereocenters. The first-order chi connectivity index (χ1) is 8.47. The maximum atomic E-state index is 3.62. The molecule has 0 spiro atoms. The molecule has 0 bridgehead atoms. The first kappa shape index (κ1) is 13.6. The van der Waals surface area contributed by atoms with Gasteiger partial charge in [0, 0.05) is 33.7 Å². The molecule has 1 aromatic carbocycles. The van der Waals surface area contributed by atoms with E-state index >= 15 is 0 Å². The minimum absolute atomic E-state index is 0.208. The summed E-state index contributed by atoms with van der Waals surface area (Å²) < 4.78 is 3.51. The highest BCUT2D eigenvalue weighted by Gasteiger charge is 2.08. The van der Waals surface area contributed by atoms with E-state index in [0.717, 1.165) is 19.5 Å². The van der Waals surface area contributed by atoms with Gasteiger partial charge in [0.1, 0.15) is 0 Å². The number of nitrogens with one attached hydrogen (secondary N) is 1. The summed E-state index contributed by atoms with van der Waals surface area (Å²) in [6, 6.07) is 8.51. The molecule has 0 saturated heterocycles. The molecule has 0 amide bonds. The van der Waals surface area contributed by atoms with Gasteiger partial charge < -0.3 is 9.88 Å². The predicted molar refractivity (Wildman–Crippen MR) is 82.0 cm³/mol. The first-order valence-electron chi connectivity index (χ1n) is 6.46. The van der Waals surface area contributed by atoms with Crippen molar-refractivity contribution >= 4 is 26.8 Å². The summed E-state index contributed by atoms with van der Waals surface area (Å²) in [6.07, 6.45) is 3.32. The van der Waals surface area contributed by atoms with Gasteiger partial charge in [-0.3, -0.25) is 0 Å². The van der Waals surface area contributed by atoms with Gasteiger partial charge in [-0.05, 0) is 55.7 Å². The molecular formula is C15H21BrN2. The number of hydrogen-bond acceptors (Lipinski definition) is 1. The molecular weight excluding hydrogens is 288 g/mol. The van der Waals surface area contributed by atoms with Crippen LogP contribution in [-0.2, 0) is 6.54 Å². The molecule has 2 aromatic rings. The molecule has 0 atom stereocenters. The standard InChI is InChI=1S/C15H21BrN2/c1-15(2,3)17-9-6-10-18-11-13(16)12-7-4-5-8-14(12)18/h4-5,7-8,11,17H,6,9-10H2,1-3H3. The van der Waals surface area contributed by atoms with E-state index in [0.29, 0.717) is 0 Å². The Morgan fingerprint density at radius 2 is 1.94 bits per heavy atom. The normalized spacial score (nSPS) is 12.2. The quantitative estimate of drug-likeness (QED) is 0.838. The minimum Gasteiger partial charge on any atom is -0.346 e. The van der Waals surface area contributed by atoms with Gasteiger partial charge in [0.05, 0.1) is 0 Å². The van der Waals surface area contributed by atoms with E-state index in [1.807, 2.05) is 0 Å². The van der Waals surface area contributed by atoms with Gasteiger partial charge in [-0.25, -0.2) is 0 Å². The summed E-state index contributed by atoms with van der Waals surface area (Å²) in [4.78, 5) is 0. The van der Waals surface area contributed by atoms with Crippen LogP contribution in [0.25, 0.3) is 10.9 Å². The summed E-state index contributed by atoms with van der Waals surface area (Å²) in [5.74, 6) is 0. The molecule has 1 aromatic heterocycles. The van der Waals surface area contributed by atoms with Crippen LogP contribution in [0.2, 0.25) is 0 Å². The molecule has 1 N–H and O–H groups in total. The molecule has 0 aliphatic heterocycles. The van der Waals surface area contributed by atoms with E-state index in [9.17, 15) is 0 Å². The smallest absolute Gasteiger partial charge is 0.0492 e. The largest absolute Gasteiger partial charge is 0.346 e. The van der Waals surface area contributed by atoms with Crippen molar-refractivity contribution in [2.24, 2.45) is 0 Å². The fourth-order valence-corrected chi connectivity index (χ4v) is 2.68. The van der Waals surface area contributed by atoms with E-state index in [4.69, 9.17) is 0 Å². The Morgan fingerprint density at radius 1 is 1.22 bits per heavy atom. The lowest BCUT2D eigenvalue weighted by atomic mass is 10.1. The molecule has 0 radical (unpaired) electrons. The molecule has 0 fully saturated rings. The van der Waals surface area contributed by atoms with Gasteiger partial charge in [0.15, 0.2) is 0 Å². The highest BCUT2D eigenvalue weighted by Crippen LogP contribution is 2.25. The van der Waals surface area contributed by atoms with Gasteiger partial charge in [-0.1, -0.05) is 18.2 Å². The van der Waals surface area contributed by atoms with Crippen molar-refractivity contribution in [1.29, 1.82) is 0 Å². The van der Waals surface area contributed by atoms with Crippen molar-refractivity contribution in [2.75, 3.05) is 6.54 Å². The van der Waals surface area contributed by atoms with Gasteiger partial charge in [0.2, 0.25) is 0 Å². The SMILES string of the molecule is CC(C)(C)NCCCn1cc(Br)c2ccccc21. The zero-order valence-corrected chi connectivity index (χ0v) is 12.9. The van der Waals surface area contributed by atoms with Crippen molar-refractivity contribution in [1.82, 2.24) is 9.88 Å². The lowest BCUT2D eigenvalue weighted by molar-refractivity contribution is 0.414. The van der Waals surface area contributed by atoms with Crippen molar-refractivity contribution < 1.29 is 0 Å².